The van der Waals surface area contributed by atoms with Gasteiger partial charge in [0.05, 0.1) is 11.9 Å². The normalized spacial score (nSPS) is 15.2. The van der Waals surface area contributed by atoms with Gasteiger partial charge in [-0.2, -0.15) is 0 Å². The second-order valence-electron chi connectivity index (χ2n) is 11.1. The molecule has 1 N–H and O–H groups in total. The van der Waals surface area contributed by atoms with E-state index in [2.05, 4.69) is 26.1 Å². The fourth-order valence-electron chi connectivity index (χ4n) is 4.81. The summed E-state index contributed by atoms with van der Waals surface area (Å²) in [7, 11) is -3.78. The van der Waals surface area contributed by atoms with Crippen molar-refractivity contribution in [1.82, 2.24) is 10.2 Å². The Bertz CT molecular complexity index is 1200. The van der Waals surface area contributed by atoms with Gasteiger partial charge in [0.1, 0.15) is 12.6 Å². The van der Waals surface area contributed by atoms with Crippen molar-refractivity contribution in [2.45, 2.75) is 83.8 Å². The fourth-order valence-corrected chi connectivity index (χ4v) is 5.79. The fraction of sp³-hybridized carbons (Fsp3) is 0.517. The highest BCUT2D eigenvalue weighted by Gasteiger charge is 2.33. The first-order valence-electron chi connectivity index (χ1n) is 13.2. The molecule has 1 aliphatic carbocycles. The van der Waals surface area contributed by atoms with Gasteiger partial charge in [-0.3, -0.25) is 13.9 Å². The number of rotatable bonds is 10. The number of hydrogen-bond acceptors (Lipinski definition) is 4. The maximum absolute atomic E-state index is 13.8. The zero-order chi connectivity index (χ0) is 28.1. The Labute approximate surface area is 232 Å². The average molecular weight is 562 g/mol. The van der Waals surface area contributed by atoms with E-state index in [-0.39, 0.29) is 23.9 Å². The minimum atomic E-state index is -3.78. The van der Waals surface area contributed by atoms with E-state index in [1.54, 1.807) is 24.3 Å². The number of amides is 2. The van der Waals surface area contributed by atoms with Gasteiger partial charge in [-0.25, -0.2) is 8.42 Å². The first kappa shape index (κ1) is 30.0. The highest BCUT2D eigenvalue weighted by atomic mass is 35.5. The zero-order valence-electron chi connectivity index (χ0n) is 23.0. The molecule has 1 fully saturated rings. The summed E-state index contributed by atoms with van der Waals surface area (Å²) in [5.74, 6) is -0.652. The van der Waals surface area contributed by atoms with Crippen molar-refractivity contribution in [2.24, 2.45) is 0 Å². The Kier molecular flexibility index (Phi) is 9.87. The number of nitrogens with zero attached hydrogens (tertiary/aromatic N) is 2. The van der Waals surface area contributed by atoms with Crippen molar-refractivity contribution in [3.63, 3.8) is 0 Å². The molecule has 0 spiro atoms. The van der Waals surface area contributed by atoms with Crippen LogP contribution in [0, 0.1) is 0 Å². The molecule has 2 aromatic carbocycles. The summed E-state index contributed by atoms with van der Waals surface area (Å²) in [4.78, 5) is 28.7. The predicted octanol–water partition coefficient (Wildman–Crippen LogP) is 5.27. The minimum absolute atomic E-state index is 0.0966. The number of halogens is 1. The molecule has 7 nitrogen and oxygen atoms in total. The standard InChI is InChI=1S/C29H40ClN3O4S/c1-6-26(28(35)31-24-9-7-8-10-24)32(19-21-11-15-23(30)16-12-21)27(34)20-33(38(5,36)37)25-17-13-22(14-18-25)29(2,3)4/h11-18,24,26H,6-10,19-20H2,1-5H3,(H,31,35). The highest BCUT2D eigenvalue weighted by Crippen LogP contribution is 2.27. The van der Waals surface area contributed by atoms with Crippen molar-refractivity contribution in [2.75, 3.05) is 17.1 Å². The molecule has 2 aromatic rings. The van der Waals surface area contributed by atoms with E-state index in [9.17, 15) is 18.0 Å². The van der Waals surface area contributed by atoms with E-state index in [1.807, 2.05) is 31.2 Å². The van der Waals surface area contributed by atoms with Crippen LogP contribution in [0.1, 0.15) is 70.9 Å². The lowest BCUT2D eigenvalue weighted by Crippen LogP contribution is -2.53. The highest BCUT2D eigenvalue weighted by molar-refractivity contribution is 7.92. The van der Waals surface area contributed by atoms with Gasteiger partial charge >= 0.3 is 0 Å². The second-order valence-corrected chi connectivity index (χ2v) is 13.5. The molecule has 9 heteroatoms. The number of benzene rings is 2. The van der Waals surface area contributed by atoms with Crippen LogP contribution in [-0.2, 0) is 31.6 Å². The van der Waals surface area contributed by atoms with Crippen LogP contribution in [0.5, 0.6) is 0 Å². The Hall–Kier alpha value is -2.58. The van der Waals surface area contributed by atoms with Crippen molar-refractivity contribution < 1.29 is 18.0 Å². The number of carbonyl (C=O) groups excluding carboxylic acids is 2. The van der Waals surface area contributed by atoms with Gasteiger partial charge in [-0.05, 0) is 60.1 Å². The third-order valence-electron chi connectivity index (χ3n) is 7.05. The molecule has 0 aromatic heterocycles. The van der Waals surface area contributed by atoms with Crippen molar-refractivity contribution in [3.05, 3.63) is 64.7 Å². The van der Waals surface area contributed by atoms with Crippen molar-refractivity contribution in [1.29, 1.82) is 0 Å². The lowest BCUT2D eigenvalue weighted by Gasteiger charge is -2.33. The van der Waals surface area contributed by atoms with E-state index in [0.29, 0.717) is 17.1 Å². The lowest BCUT2D eigenvalue weighted by atomic mass is 9.87. The molecule has 0 bridgehead atoms. The Morgan fingerprint density at radius 2 is 1.61 bits per heavy atom. The maximum atomic E-state index is 13.8. The van der Waals surface area contributed by atoms with E-state index >= 15 is 0 Å². The number of sulfonamides is 1. The quantitative estimate of drug-likeness (QED) is 0.428. The van der Waals surface area contributed by atoms with Gasteiger partial charge in [-0.1, -0.05) is 76.4 Å². The number of carbonyl (C=O) groups is 2. The first-order valence-corrected chi connectivity index (χ1v) is 15.4. The average Bonchev–Trinajstić information content (AvgIpc) is 3.35. The van der Waals surface area contributed by atoms with Crippen LogP contribution in [-0.4, -0.2) is 50.0 Å². The predicted molar refractivity (Wildman–Crippen MR) is 154 cm³/mol. The number of hydrogen-bond donors (Lipinski definition) is 1. The molecule has 208 valence electrons. The molecule has 0 heterocycles. The monoisotopic (exact) mass is 561 g/mol. The molecule has 3 rings (SSSR count). The van der Waals surface area contributed by atoms with Crippen LogP contribution < -0.4 is 9.62 Å². The van der Waals surface area contributed by atoms with Gasteiger partial charge < -0.3 is 10.2 Å². The largest absolute Gasteiger partial charge is 0.352 e. The first-order chi connectivity index (χ1) is 17.8. The van der Waals surface area contributed by atoms with Crippen LogP contribution >= 0.6 is 11.6 Å². The Morgan fingerprint density at radius 1 is 1.03 bits per heavy atom. The van der Waals surface area contributed by atoms with Gasteiger partial charge in [0.15, 0.2) is 0 Å². The number of nitrogens with one attached hydrogen (secondary N) is 1. The Balaban J connectivity index is 1.91. The lowest BCUT2D eigenvalue weighted by molar-refractivity contribution is -0.140. The third-order valence-corrected chi connectivity index (χ3v) is 8.45. The van der Waals surface area contributed by atoms with Crippen LogP contribution in [0.25, 0.3) is 0 Å². The molecule has 1 saturated carbocycles. The summed E-state index contributed by atoms with van der Waals surface area (Å²) in [5.41, 5.74) is 2.17. The van der Waals surface area contributed by atoms with Crippen molar-refractivity contribution in [3.8, 4) is 0 Å². The molecular weight excluding hydrogens is 522 g/mol. The number of anilines is 1. The van der Waals surface area contributed by atoms with Crippen LogP contribution in [0.2, 0.25) is 5.02 Å². The minimum Gasteiger partial charge on any atom is -0.352 e. The maximum Gasteiger partial charge on any atom is 0.244 e. The van der Waals surface area contributed by atoms with Gasteiger partial charge in [0.2, 0.25) is 21.8 Å². The molecular formula is C29H40ClN3O4S. The molecule has 1 unspecified atom stereocenters. The molecule has 2 amide bonds. The SMILES string of the molecule is CCC(C(=O)NC1CCCC1)N(Cc1ccc(Cl)cc1)C(=O)CN(c1ccc(C(C)(C)C)cc1)S(C)(=O)=O. The van der Waals surface area contributed by atoms with Crippen LogP contribution in [0.3, 0.4) is 0 Å². The van der Waals surface area contributed by atoms with Crippen LogP contribution in [0.4, 0.5) is 5.69 Å². The molecule has 1 atom stereocenters. The summed E-state index contributed by atoms with van der Waals surface area (Å²) in [6, 6.07) is 13.7. The van der Waals surface area contributed by atoms with E-state index in [1.165, 1.54) is 4.90 Å². The molecule has 0 aliphatic heterocycles. The second kappa shape index (κ2) is 12.5. The Morgan fingerprint density at radius 3 is 2.11 bits per heavy atom. The van der Waals surface area contributed by atoms with Gasteiger partial charge in [0, 0.05) is 17.6 Å². The topological polar surface area (TPSA) is 86.8 Å². The van der Waals surface area contributed by atoms with E-state index < -0.39 is 28.5 Å². The molecule has 1 aliphatic rings. The molecule has 0 saturated heterocycles. The summed E-state index contributed by atoms with van der Waals surface area (Å²) in [6.07, 6.45) is 5.50. The summed E-state index contributed by atoms with van der Waals surface area (Å²) >= 11 is 6.05. The van der Waals surface area contributed by atoms with E-state index in [4.69, 9.17) is 11.6 Å². The summed E-state index contributed by atoms with van der Waals surface area (Å²) in [5, 5.41) is 3.68. The van der Waals surface area contributed by atoms with Crippen molar-refractivity contribution >= 4 is 39.1 Å². The van der Waals surface area contributed by atoms with Gasteiger partial charge in [-0.15, -0.1) is 0 Å². The van der Waals surface area contributed by atoms with Crippen LogP contribution in [0.15, 0.2) is 48.5 Å². The molecule has 0 radical (unpaired) electrons. The smallest absolute Gasteiger partial charge is 0.244 e. The summed E-state index contributed by atoms with van der Waals surface area (Å²) in [6.45, 7) is 7.85. The summed E-state index contributed by atoms with van der Waals surface area (Å²) < 4.78 is 26.8. The molecule has 38 heavy (non-hydrogen) atoms. The van der Waals surface area contributed by atoms with Gasteiger partial charge in [0.25, 0.3) is 0 Å². The third kappa shape index (κ3) is 7.96. The zero-order valence-corrected chi connectivity index (χ0v) is 24.6. The van der Waals surface area contributed by atoms with E-state index in [0.717, 1.165) is 47.4 Å².